The fourth-order valence-corrected chi connectivity index (χ4v) is 2.52. The number of likely N-dealkylation sites (N-methyl/N-ethyl adjacent to an activating group) is 1. The second-order valence-corrected chi connectivity index (χ2v) is 5.50. The summed E-state index contributed by atoms with van der Waals surface area (Å²) in [5.41, 5.74) is 0.888. The van der Waals surface area contributed by atoms with Crippen LogP contribution in [-0.2, 0) is 0 Å². The molecule has 1 saturated carbocycles. The zero-order chi connectivity index (χ0) is 13.8. The van der Waals surface area contributed by atoms with Gasteiger partial charge in [0, 0.05) is 18.2 Å². The normalized spacial score (nSPS) is 18.4. The molecule has 3 heteroatoms. The third-order valence-electron chi connectivity index (χ3n) is 4.04. The van der Waals surface area contributed by atoms with E-state index in [2.05, 4.69) is 18.9 Å². The van der Waals surface area contributed by atoms with Crippen molar-refractivity contribution >= 4 is 0 Å². The maximum absolute atomic E-state index is 10.4. The van der Waals surface area contributed by atoms with Gasteiger partial charge in [0.1, 0.15) is 5.75 Å². The summed E-state index contributed by atoms with van der Waals surface area (Å²) in [7, 11) is 2.09. The van der Waals surface area contributed by atoms with Crippen LogP contribution in [0.2, 0.25) is 0 Å². The van der Waals surface area contributed by atoms with Gasteiger partial charge in [-0.25, -0.2) is 0 Å². The Bertz CT molecular complexity index is 403. The Labute approximate surface area is 116 Å². The van der Waals surface area contributed by atoms with Gasteiger partial charge in [-0.2, -0.15) is 0 Å². The molecule has 0 saturated heterocycles. The minimum atomic E-state index is -0.492. The molecule has 0 bridgehead atoms. The van der Waals surface area contributed by atoms with Gasteiger partial charge in [0.2, 0.25) is 0 Å². The highest BCUT2D eigenvalue weighted by molar-refractivity contribution is 5.35. The van der Waals surface area contributed by atoms with Crippen molar-refractivity contribution in [2.75, 3.05) is 20.2 Å². The zero-order valence-corrected chi connectivity index (χ0v) is 12.2. The summed E-state index contributed by atoms with van der Waals surface area (Å²) >= 11 is 0. The van der Waals surface area contributed by atoms with Crippen molar-refractivity contribution < 1.29 is 9.84 Å². The molecule has 1 aromatic rings. The molecule has 0 aliphatic heterocycles. The molecule has 2 rings (SSSR count). The lowest BCUT2D eigenvalue weighted by Gasteiger charge is -2.27. The van der Waals surface area contributed by atoms with E-state index in [1.165, 1.54) is 12.8 Å². The number of ether oxygens (including phenoxy) is 1. The number of aliphatic hydroxyl groups is 1. The third-order valence-corrected chi connectivity index (χ3v) is 4.04. The molecule has 1 aliphatic carbocycles. The van der Waals surface area contributed by atoms with E-state index in [0.717, 1.165) is 17.2 Å². The van der Waals surface area contributed by atoms with Gasteiger partial charge in [-0.1, -0.05) is 18.2 Å². The Morgan fingerprint density at radius 2 is 2.05 bits per heavy atom. The molecule has 0 amide bonds. The minimum absolute atomic E-state index is 0.492. The van der Waals surface area contributed by atoms with E-state index in [4.69, 9.17) is 4.74 Å². The van der Waals surface area contributed by atoms with Crippen molar-refractivity contribution in [1.29, 1.82) is 0 Å². The standard InChI is InChI=1S/C16H25NO2/c1-4-19-16-8-6-5-7-14(16)15(18)11-17(3)12(2)13-9-10-13/h5-8,12-13,15,18H,4,9-11H2,1-3H3. The second-order valence-electron chi connectivity index (χ2n) is 5.50. The van der Waals surface area contributed by atoms with Crippen molar-refractivity contribution in [2.24, 2.45) is 5.92 Å². The van der Waals surface area contributed by atoms with Crippen LogP contribution in [0.5, 0.6) is 5.75 Å². The second kappa shape index (κ2) is 6.40. The fourth-order valence-electron chi connectivity index (χ4n) is 2.52. The van der Waals surface area contributed by atoms with Gasteiger partial charge in [0.15, 0.2) is 0 Å². The van der Waals surface area contributed by atoms with E-state index >= 15 is 0 Å². The molecular weight excluding hydrogens is 238 g/mol. The highest BCUT2D eigenvalue weighted by Crippen LogP contribution is 2.35. The number of rotatable bonds is 7. The first-order valence-electron chi connectivity index (χ1n) is 7.23. The van der Waals surface area contributed by atoms with Gasteiger partial charge in [-0.3, -0.25) is 0 Å². The monoisotopic (exact) mass is 263 g/mol. The maximum atomic E-state index is 10.4. The van der Waals surface area contributed by atoms with Gasteiger partial charge >= 0.3 is 0 Å². The molecule has 0 radical (unpaired) electrons. The summed E-state index contributed by atoms with van der Waals surface area (Å²) in [6.45, 7) is 5.49. The van der Waals surface area contributed by atoms with Crippen LogP contribution >= 0.6 is 0 Å². The molecule has 1 aliphatic rings. The molecular formula is C16H25NO2. The summed E-state index contributed by atoms with van der Waals surface area (Å²) in [5.74, 6) is 1.62. The van der Waals surface area contributed by atoms with Crippen LogP contribution in [0.4, 0.5) is 0 Å². The van der Waals surface area contributed by atoms with Crippen molar-refractivity contribution in [3.8, 4) is 5.75 Å². The van der Waals surface area contributed by atoms with E-state index in [1.807, 2.05) is 31.2 Å². The van der Waals surface area contributed by atoms with Crippen molar-refractivity contribution in [2.45, 2.75) is 38.8 Å². The molecule has 106 valence electrons. The van der Waals surface area contributed by atoms with Gasteiger partial charge in [-0.15, -0.1) is 0 Å². The number of hydrogen-bond donors (Lipinski definition) is 1. The number of hydrogen-bond acceptors (Lipinski definition) is 3. The molecule has 1 fully saturated rings. The summed E-state index contributed by atoms with van der Waals surface area (Å²) in [6, 6.07) is 8.31. The summed E-state index contributed by atoms with van der Waals surface area (Å²) in [4.78, 5) is 2.26. The highest BCUT2D eigenvalue weighted by Gasteiger charge is 2.31. The lowest BCUT2D eigenvalue weighted by atomic mass is 10.1. The zero-order valence-electron chi connectivity index (χ0n) is 12.2. The Balaban J connectivity index is 2.00. The molecule has 2 unspecified atom stereocenters. The number of para-hydroxylation sites is 1. The van der Waals surface area contributed by atoms with Crippen LogP contribution in [0.3, 0.4) is 0 Å². The molecule has 1 N–H and O–H groups in total. The van der Waals surface area contributed by atoms with Crippen LogP contribution in [-0.4, -0.2) is 36.2 Å². The van der Waals surface area contributed by atoms with E-state index in [1.54, 1.807) is 0 Å². The van der Waals surface area contributed by atoms with Crippen LogP contribution in [0.15, 0.2) is 24.3 Å². The quantitative estimate of drug-likeness (QED) is 0.821. The van der Waals surface area contributed by atoms with Gasteiger partial charge in [-0.05, 0) is 45.7 Å². The Hall–Kier alpha value is -1.06. The average Bonchev–Trinajstić information content (AvgIpc) is 3.23. The number of nitrogens with zero attached hydrogens (tertiary/aromatic N) is 1. The van der Waals surface area contributed by atoms with Gasteiger partial charge < -0.3 is 14.7 Å². The summed E-state index contributed by atoms with van der Waals surface area (Å²) < 4.78 is 5.58. The first-order chi connectivity index (χ1) is 9.13. The largest absolute Gasteiger partial charge is 0.493 e. The van der Waals surface area contributed by atoms with Crippen LogP contribution in [0.1, 0.15) is 38.4 Å². The fraction of sp³-hybridized carbons (Fsp3) is 0.625. The predicted octanol–water partition coefficient (Wildman–Crippen LogP) is 2.85. The minimum Gasteiger partial charge on any atom is -0.493 e. The highest BCUT2D eigenvalue weighted by atomic mass is 16.5. The smallest absolute Gasteiger partial charge is 0.125 e. The molecule has 0 heterocycles. The molecule has 19 heavy (non-hydrogen) atoms. The average molecular weight is 263 g/mol. The van der Waals surface area contributed by atoms with Crippen LogP contribution in [0, 0.1) is 5.92 Å². The maximum Gasteiger partial charge on any atom is 0.125 e. The van der Waals surface area contributed by atoms with E-state index < -0.39 is 6.10 Å². The van der Waals surface area contributed by atoms with Crippen molar-refractivity contribution in [3.05, 3.63) is 29.8 Å². The topological polar surface area (TPSA) is 32.7 Å². The lowest BCUT2D eigenvalue weighted by molar-refractivity contribution is 0.0999. The Kier molecular flexibility index (Phi) is 4.83. The molecule has 0 spiro atoms. The first kappa shape index (κ1) is 14.4. The third kappa shape index (κ3) is 3.71. The van der Waals surface area contributed by atoms with Crippen LogP contribution < -0.4 is 4.74 Å². The molecule has 3 nitrogen and oxygen atoms in total. The molecule has 1 aromatic carbocycles. The Morgan fingerprint density at radius 1 is 1.37 bits per heavy atom. The van der Waals surface area contributed by atoms with Gasteiger partial charge in [0.25, 0.3) is 0 Å². The molecule has 2 atom stereocenters. The number of benzene rings is 1. The van der Waals surface area contributed by atoms with E-state index in [0.29, 0.717) is 19.2 Å². The van der Waals surface area contributed by atoms with Gasteiger partial charge in [0.05, 0.1) is 12.7 Å². The van der Waals surface area contributed by atoms with Crippen molar-refractivity contribution in [1.82, 2.24) is 4.90 Å². The molecule has 0 aromatic heterocycles. The first-order valence-corrected chi connectivity index (χ1v) is 7.23. The predicted molar refractivity (Wildman–Crippen MR) is 77.4 cm³/mol. The number of aliphatic hydroxyl groups excluding tert-OH is 1. The van der Waals surface area contributed by atoms with Crippen molar-refractivity contribution in [3.63, 3.8) is 0 Å². The SMILES string of the molecule is CCOc1ccccc1C(O)CN(C)C(C)C1CC1. The van der Waals surface area contributed by atoms with Crippen LogP contribution in [0.25, 0.3) is 0 Å². The lowest BCUT2D eigenvalue weighted by Crippen LogP contribution is -2.34. The summed E-state index contributed by atoms with van der Waals surface area (Å²) in [5, 5.41) is 10.4. The van der Waals surface area contributed by atoms with E-state index in [9.17, 15) is 5.11 Å². The van der Waals surface area contributed by atoms with E-state index in [-0.39, 0.29) is 0 Å². The summed E-state index contributed by atoms with van der Waals surface area (Å²) in [6.07, 6.45) is 2.17. The Morgan fingerprint density at radius 3 is 2.68 bits per heavy atom.